The van der Waals surface area contributed by atoms with Gasteiger partial charge < -0.3 is 29.6 Å². The summed E-state index contributed by atoms with van der Waals surface area (Å²) in [6.07, 6.45) is 19.2. The van der Waals surface area contributed by atoms with Crippen LogP contribution in [-0.2, 0) is 14.3 Å². The Labute approximate surface area is 196 Å². The summed E-state index contributed by atoms with van der Waals surface area (Å²) in [7, 11) is 0. The van der Waals surface area contributed by atoms with Gasteiger partial charge in [0.2, 0.25) is 0 Å². The maximum Gasteiger partial charge on any atom is 0.183 e. The number of carboxylic acid groups (broad SMARTS) is 1. The van der Waals surface area contributed by atoms with Crippen LogP contribution >= 0.6 is 0 Å². The molecule has 0 aromatic heterocycles. The zero-order chi connectivity index (χ0) is 23.4. The second-order valence-corrected chi connectivity index (χ2v) is 9.58. The molecule has 0 bridgehead atoms. The van der Waals surface area contributed by atoms with E-state index < -0.39 is 24.5 Å². The van der Waals surface area contributed by atoms with Gasteiger partial charge >= 0.3 is 0 Å². The van der Waals surface area contributed by atoms with Gasteiger partial charge in [0.25, 0.3) is 0 Å². The summed E-state index contributed by atoms with van der Waals surface area (Å²) in [4.78, 5) is 10.3. The van der Waals surface area contributed by atoms with Crippen molar-refractivity contribution < 1.29 is 29.6 Å². The zero-order valence-electron chi connectivity index (χ0n) is 20.5. The Morgan fingerprint density at radius 3 is 1.59 bits per heavy atom. The average molecular weight is 458 g/mol. The van der Waals surface area contributed by atoms with Crippen LogP contribution < -0.4 is 5.11 Å². The summed E-state index contributed by atoms with van der Waals surface area (Å²) in [6, 6.07) is 0. The highest BCUT2D eigenvalue weighted by Crippen LogP contribution is 2.21. The van der Waals surface area contributed by atoms with E-state index in [9.17, 15) is 20.1 Å². The number of aliphatic hydroxyl groups excluding tert-OH is 2. The molecule has 4 atom stereocenters. The molecule has 32 heavy (non-hydrogen) atoms. The molecule has 1 heterocycles. The van der Waals surface area contributed by atoms with Crippen molar-refractivity contribution in [3.63, 3.8) is 0 Å². The number of hydrogen-bond acceptors (Lipinski definition) is 6. The van der Waals surface area contributed by atoms with E-state index in [1.54, 1.807) is 0 Å². The molecule has 2 N–H and O–H groups in total. The van der Waals surface area contributed by atoms with Crippen LogP contribution in [-0.4, -0.2) is 47.4 Å². The number of carbonyl (C=O) groups is 1. The molecule has 190 valence electrons. The Kier molecular flexibility index (Phi) is 18.1. The van der Waals surface area contributed by atoms with Crippen molar-refractivity contribution in [2.45, 2.75) is 154 Å². The van der Waals surface area contributed by atoms with Crippen molar-refractivity contribution in [3.8, 4) is 0 Å². The molecule has 0 unspecified atom stereocenters. The number of aliphatic carboxylic acids is 1. The van der Waals surface area contributed by atoms with Crippen molar-refractivity contribution in [2.24, 2.45) is 0 Å². The number of aliphatic hydroxyl groups is 2. The van der Waals surface area contributed by atoms with Crippen LogP contribution in [0.25, 0.3) is 0 Å². The van der Waals surface area contributed by atoms with Gasteiger partial charge in [-0.25, -0.2) is 0 Å². The molecule has 0 aromatic rings. The lowest BCUT2D eigenvalue weighted by atomic mass is 10.0. The molecule has 0 aliphatic carbocycles. The first kappa shape index (κ1) is 29.3. The lowest BCUT2D eigenvalue weighted by Crippen LogP contribution is -2.47. The first-order valence-corrected chi connectivity index (χ1v) is 13.3. The number of ether oxygens (including phenoxy) is 2. The van der Waals surface area contributed by atoms with Gasteiger partial charge in [-0.15, -0.1) is 0 Å². The Balaban J connectivity index is 1.73. The third-order valence-electron chi connectivity index (χ3n) is 6.50. The van der Waals surface area contributed by atoms with Crippen molar-refractivity contribution in [2.75, 3.05) is 6.61 Å². The number of carboxylic acids is 1. The SMILES string of the molecule is C[C@@H]1O[C@@H](OCCCCCCCCCCCCCCCCCCCC(=O)[O-])[C@H](O)C[C@H]1O. The predicted molar refractivity (Wildman–Crippen MR) is 125 cm³/mol. The number of hydrogen-bond donors (Lipinski definition) is 2. The highest BCUT2D eigenvalue weighted by atomic mass is 16.7. The molecule has 1 aliphatic heterocycles. The zero-order valence-corrected chi connectivity index (χ0v) is 20.5. The Morgan fingerprint density at radius 1 is 0.750 bits per heavy atom. The molecule has 6 nitrogen and oxygen atoms in total. The lowest BCUT2D eigenvalue weighted by Gasteiger charge is -2.35. The van der Waals surface area contributed by atoms with Crippen LogP contribution in [0.2, 0.25) is 0 Å². The van der Waals surface area contributed by atoms with Gasteiger partial charge in [0, 0.05) is 19.0 Å². The second kappa shape index (κ2) is 19.7. The summed E-state index contributed by atoms with van der Waals surface area (Å²) in [5.41, 5.74) is 0. The third-order valence-corrected chi connectivity index (χ3v) is 6.50. The summed E-state index contributed by atoms with van der Waals surface area (Å²) in [6.45, 7) is 2.41. The highest BCUT2D eigenvalue weighted by molar-refractivity contribution is 5.64. The van der Waals surface area contributed by atoms with Gasteiger partial charge in [-0.3, -0.25) is 0 Å². The average Bonchev–Trinajstić information content (AvgIpc) is 2.75. The van der Waals surface area contributed by atoms with Gasteiger partial charge in [-0.05, 0) is 26.2 Å². The minimum Gasteiger partial charge on any atom is -0.550 e. The third kappa shape index (κ3) is 16.0. The monoisotopic (exact) mass is 457 g/mol. The summed E-state index contributed by atoms with van der Waals surface area (Å²) < 4.78 is 11.2. The summed E-state index contributed by atoms with van der Waals surface area (Å²) >= 11 is 0. The van der Waals surface area contributed by atoms with E-state index in [-0.39, 0.29) is 12.5 Å². The molecule has 0 spiro atoms. The van der Waals surface area contributed by atoms with Crippen LogP contribution in [0, 0.1) is 0 Å². The fraction of sp³-hybridized carbons (Fsp3) is 0.962. The lowest BCUT2D eigenvalue weighted by molar-refractivity contribution is -0.305. The summed E-state index contributed by atoms with van der Waals surface area (Å²) in [5.74, 6) is -0.920. The van der Waals surface area contributed by atoms with E-state index in [0.29, 0.717) is 13.0 Å². The quantitative estimate of drug-likeness (QED) is 0.244. The molecule has 0 saturated carbocycles. The van der Waals surface area contributed by atoms with E-state index in [1.165, 1.54) is 77.0 Å². The van der Waals surface area contributed by atoms with Crippen LogP contribution in [0.1, 0.15) is 129 Å². The smallest absolute Gasteiger partial charge is 0.183 e. The van der Waals surface area contributed by atoms with Crippen molar-refractivity contribution in [3.05, 3.63) is 0 Å². The first-order chi connectivity index (χ1) is 15.5. The van der Waals surface area contributed by atoms with Gasteiger partial charge in [-0.1, -0.05) is 96.3 Å². The Bertz CT molecular complexity index is 444. The van der Waals surface area contributed by atoms with Crippen molar-refractivity contribution >= 4 is 5.97 Å². The minimum absolute atomic E-state index is 0.212. The number of unbranched alkanes of at least 4 members (excludes halogenated alkanes) is 16. The topological polar surface area (TPSA) is 99.1 Å². The molecule has 1 rings (SSSR count). The molecule has 0 radical (unpaired) electrons. The molecular formula is C26H49O6-. The van der Waals surface area contributed by atoms with Crippen LogP contribution in [0.15, 0.2) is 0 Å². The Morgan fingerprint density at radius 2 is 1.16 bits per heavy atom. The molecule has 0 aromatic carbocycles. The number of rotatable bonds is 21. The first-order valence-electron chi connectivity index (χ1n) is 13.3. The largest absolute Gasteiger partial charge is 0.550 e. The maximum atomic E-state index is 10.3. The van der Waals surface area contributed by atoms with Crippen LogP contribution in [0.4, 0.5) is 0 Å². The van der Waals surface area contributed by atoms with Crippen molar-refractivity contribution in [1.82, 2.24) is 0 Å². The van der Waals surface area contributed by atoms with E-state index in [1.807, 2.05) is 6.92 Å². The van der Waals surface area contributed by atoms with E-state index in [0.717, 1.165) is 32.1 Å². The molecule has 0 amide bonds. The van der Waals surface area contributed by atoms with E-state index in [4.69, 9.17) is 9.47 Å². The summed E-state index contributed by atoms with van der Waals surface area (Å²) in [5, 5.41) is 29.9. The fourth-order valence-electron chi connectivity index (χ4n) is 4.32. The molecule has 6 heteroatoms. The van der Waals surface area contributed by atoms with Gasteiger partial charge in [0.05, 0.1) is 12.2 Å². The highest BCUT2D eigenvalue weighted by Gasteiger charge is 2.34. The Hall–Kier alpha value is -0.690. The van der Waals surface area contributed by atoms with Gasteiger partial charge in [-0.2, -0.15) is 0 Å². The standard InChI is InChI=1S/C26H50O6/c1-22-23(27)21-24(28)26(32-22)31-20-18-16-14-12-10-8-6-4-2-3-5-7-9-11-13-15-17-19-25(29)30/h22-24,26-28H,2-21H2,1H3,(H,29,30)/p-1/t22-,23+,24+,26+/m0/s1. The number of carbonyl (C=O) groups excluding carboxylic acids is 1. The predicted octanol–water partition coefficient (Wildman–Crippen LogP) is 4.63. The molecular weight excluding hydrogens is 408 g/mol. The minimum atomic E-state index is -0.920. The maximum absolute atomic E-state index is 10.3. The molecule has 1 saturated heterocycles. The van der Waals surface area contributed by atoms with E-state index in [2.05, 4.69) is 0 Å². The van der Waals surface area contributed by atoms with Gasteiger partial charge in [0.15, 0.2) is 6.29 Å². The molecule has 1 aliphatic rings. The van der Waals surface area contributed by atoms with Crippen LogP contribution in [0.5, 0.6) is 0 Å². The van der Waals surface area contributed by atoms with Gasteiger partial charge in [0.1, 0.15) is 6.10 Å². The van der Waals surface area contributed by atoms with Crippen molar-refractivity contribution in [1.29, 1.82) is 0 Å². The fourth-order valence-corrected chi connectivity index (χ4v) is 4.32. The van der Waals surface area contributed by atoms with E-state index >= 15 is 0 Å². The molecule has 1 fully saturated rings. The van der Waals surface area contributed by atoms with Crippen LogP contribution in [0.3, 0.4) is 0 Å². The second-order valence-electron chi connectivity index (χ2n) is 9.58. The normalized spacial score (nSPS) is 23.5.